The van der Waals surface area contributed by atoms with Gasteiger partial charge >= 0.3 is 6.03 Å². The molecular formula is C10H20N2O2. The van der Waals surface area contributed by atoms with Crippen molar-refractivity contribution in [2.45, 2.75) is 26.9 Å². The van der Waals surface area contributed by atoms with Gasteiger partial charge in [-0.2, -0.15) is 0 Å². The van der Waals surface area contributed by atoms with Gasteiger partial charge in [0.05, 0.1) is 12.7 Å². The van der Waals surface area contributed by atoms with E-state index in [1.54, 1.807) is 0 Å². The van der Waals surface area contributed by atoms with Crippen molar-refractivity contribution in [3.05, 3.63) is 0 Å². The molecule has 1 fully saturated rings. The molecule has 0 bridgehead atoms. The van der Waals surface area contributed by atoms with E-state index < -0.39 is 0 Å². The lowest BCUT2D eigenvalue weighted by molar-refractivity contribution is -0.00873. The van der Waals surface area contributed by atoms with Crippen molar-refractivity contribution in [1.82, 2.24) is 9.80 Å². The second-order valence-corrected chi connectivity index (χ2v) is 3.58. The maximum Gasteiger partial charge on any atom is 0.320 e. The number of rotatable bonds is 2. The molecule has 0 unspecified atom stereocenters. The van der Waals surface area contributed by atoms with E-state index in [0.29, 0.717) is 6.61 Å². The predicted molar refractivity (Wildman–Crippen MR) is 55.3 cm³/mol. The molecule has 14 heavy (non-hydrogen) atoms. The molecular weight excluding hydrogens is 180 g/mol. The van der Waals surface area contributed by atoms with Crippen molar-refractivity contribution in [1.29, 1.82) is 0 Å². The van der Waals surface area contributed by atoms with Gasteiger partial charge in [0.15, 0.2) is 0 Å². The average molecular weight is 200 g/mol. The van der Waals surface area contributed by atoms with E-state index in [1.165, 1.54) is 0 Å². The second kappa shape index (κ2) is 5.20. The molecule has 1 atom stereocenters. The molecule has 1 rings (SSSR count). The van der Waals surface area contributed by atoms with Crippen molar-refractivity contribution in [3.8, 4) is 0 Å². The Morgan fingerprint density at radius 1 is 1.50 bits per heavy atom. The zero-order valence-electron chi connectivity index (χ0n) is 9.32. The molecule has 1 heterocycles. The SMILES string of the molecule is CCN(CC)C(=O)N1CCO[C@H](C)C1. The minimum absolute atomic E-state index is 0.144. The summed E-state index contributed by atoms with van der Waals surface area (Å²) < 4.78 is 5.39. The Hall–Kier alpha value is -0.770. The number of nitrogens with zero attached hydrogens (tertiary/aromatic N) is 2. The Bertz CT molecular complexity index is 193. The van der Waals surface area contributed by atoms with Crippen LogP contribution in [0.5, 0.6) is 0 Å². The minimum atomic E-state index is 0.144. The summed E-state index contributed by atoms with van der Waals surface area (Å²) in [6, 6.07) is 0.144. The lowest BCUT2D eigenvalue weighted by Gasteiger charge is -2.34. The van der Waals surface area contributed by atoms with Gasteiger partial charge in [0.2, 0.25) is 0 Å². The second-order valence-electron chi connectivity index (χ2n) is 3.58. The number of ether oxygens (including phenoxy) is 1. The fourth-order valence-corrected chi connectivity index (χ4v) is 1.69. The summed E-state index contributed by atoms with van der Waals surface area (Å²) in [6.45, 7) is 9.67. The molecule has 1 saturated heterocycles. The van der Waals surface area contributed by atoms with Crippen LogP contribution in [0.15, 0.2) is 0 Å². The van der Waals surface area contributed by atoms with Crippen LogP contribution in [-0.4, -0.2) is 54.7 Å². The molecule has 4 heteroatoms. The van der Waals surface area contributed by atoms with Crippen molar-refractivity contribution in [2.75, 3.05) is 32.8 Å². The highest BCUT2D eigenvalue weighted by atomic mass is 16.5. The van der Waals surface area contributed by atoms with E-state index in [0.717, 1.165) is 26.2 Å². The van der Waals surface area contributed by atoms with E-state index in [-0.39, 0.29) is 12.1 Å². The minimum Gasteiger partial charge on any atom is -0.375 e. The van der Waals surface area contributed by atoms with Gasteiger partial charge in [0, 0.05) is 26.2 Å². The predicted octanol–water partition coefficient (Wildman–Crippen LogP) is 1.17. The topological polar surface area (TPSA) is 32.8 Å². The van der Waals surface area contributed by atoms with E-state index in [1.807, 2.05) is 30.6 Å². The fourth-order valence-electron chi connectivity index (χ4n) is 1.69. The van der Waals surface area contributed by atoms with Gasteiger partial charge in [0.25, 0.3) is 0 Å². The molecule has 0 aliphatic carbocycles. The molecule has 0 radical (unpaired) electrons. The Labute approximate surface area is 85.8 Å². The number of carbonyl (C=O) groups is 1. The normalized spacial score (nSPS) is 22.2. The highest BCUT2D eigenvalue weighted by Gasteiger charge is 2.23. The number of morpholine rings is 1. The van der Waals surface area contributed by atoms with Crippen molar-refractivity contribution in [2.24, 2.45) is 0 Å². The third-order valence-corrected chi connectivity index (χ3v) is 2.55. The molecule has 0 N–H and O–H groups in total. The zero-order chi connectivity index (χ0) is 10.6. The third kappa shape index (κ3) is 2.61. The summed E-state index contributed by atoms with van der Waals surface area (Å²) >= 11 is 0. The number of urea groups is 1. The summed E-state index contributed by atoms with van der Waals surface area (Å²) in [7, 11) is 0. The first-order chi connectivity index (χ1) is 6.69. The molecule has 0 aromatic heterocycles. The van der Waals surface area contributed by atoms with E-state index in [9.17, 15) is 4.79 Å². The van der Waals surface area contributed by atoms with Crippen LogP contribution in [0.1, 0.15) is 20.8 Å². The van der Waals surface area contributed by atoms with Crippen LogP contribution in [0.3, 0.4) is 0 Å². The summed E-state index contributed by atoms with van der Waals surface area (Å²) in [5.41, 5.74) is 0. The van der Waals surface area contributed by atoms with Crippen molar-refractivity contribution < 1.29 is 9.53 Å². The first-order valence-electron chi connectivity index (χ1n) is 5.34. The van der Waals surface area contributed by atoms with Crippen molar-refractivity contribution in [3.63, 3.8) is 0 Å². The first-order valence-corrected chi connectivity index (χ1v) is 5.34. The Morgan fingerprint density at radius 3 is 2.64 bits per heavy atom. The van der Waals surface area contributed by atoms with Crippen LogP contribution in [-0.2, 0) is 4.74 Å². The summed E-state index contributed by atoms with van der Waals surface area (Å²) in [5.74, 6) is 0. The lowest BCUT2D eigenvalue weighted by Crippen LogP contribution is -2.50. The number of hydrogen-bond acceptors (Lipinski definition) is 2. The van der Waals surface area contributed by atoms with Gasteiger partial charge < -0.3 is 14.5 Å². The molecule has 0 aromatic carbocycles. The van der Waals surface area contributed by atoms with E-state index in [2.05, 4.69) is 0 Å². The number of hydrogen-bond donors (Lipinski definition) is 0. The van der Waals surface area contributed by atoms with Gasteiger partial charge in [-0.1, -0.05) is 0 Å². The van der Waals surface area contributed by atoms with Gasteiger partial charge in [0.1, 0.15) is 0 Å². The largest absolute Gasteiger partial charge is 0.375 e. The number of amides is 2. The van der Waals surface area contributed by atoms with Crippen LogP contribution >= 0.6 is 0 Å². The van der Waals surface area contributed by atoms with Crippen LogP contribution in [0.25, 0.3) is 0 Å². The maximum absolute atomic E-state index is 11.9. The van der Waals surface area contributed by atoms with Crippen LogP contribution in [0.4, 0.5) is 4.79 Å². The van der Waals surface area contributed by atoms with E-state index in [4.69, 9.17) is 4.74 Å². The molecule has 2 amide bonds. The molecule has 1 aliphatic heterocycles. The highest BCUT2D eigenvalue weighted by molar-refractivity contribution is 5.74. The van der Waals surface area contributed by atoms with Crippen LogP contribution in [0.2, 0.25) is 0 Å². The smallest absolute Gasteiger partial charge is 0.320 e. The van der Waals surface area contributed by atoms with Crippen LogP contribution in [0, 0.1) is 0 Å². The standard InChI is InChI=1S/C10H20N2O2/c1-4-11(5-2)10(13)12-6-7-14-9(3)8-12/h9H,4-8H2,1-3H3/t9-/m1/s1. The van der Waals surface area contributed by atoms with Crippen LogP contribution < -0.4 is 0 Å². The first kappa shape index (κ1) is 11.3. The molecule has 82 valence electrons. The molecule has 0 spiro atoms. The van der Waals surface area contributed by atoms with Gasteiger partial charge in [-0.15, -0.1) is 0 Å². The summed E-state index contributed by atoms with van der Waals surface area (Å²) in [6.07, 6.45) is 0.170. The molecule has 4 nitrogen and oxygen atoms in total. The highest BCUT2D eigenvalue weighted by Crippen LogP contribution is 2.07. The average Bonchev–Trinajstić information content (AvgIpc) is 2.19. The third-order valence-electron chi connectivity index (χ3n) is 2.55. The molecule has 1 aliphatic rings. The maximum atomic E-state index is 11.9. The van der Waals surface area contributed by atoms with Gasteiger partial charge in [-0.3, -0.25) is 0 Å². The lowest BCUT2D eigenvalue weighted by atomic mass is 10.3. The number of carbonyl (C=O) groups excluding carboxylic acids is 1. The van der Waals surface area contributed by atoms with Gasteiger partial charge in [-0.05, 0) is 20.8 Å². The Balaban J connectivity index is 2.50. The summed E-state index contributed by atoms with van der Waals surface area (Å²) in [5, 5.41) is 0. The molecule has 0 aromatic rings. The van der Waals surface area contributed by atoms with Crippen molar-refractivity contribution >= 4 is 6.03 Å². The quantitative estimate of drug-likeness (QED) is 0.670. The van der Waals surface area contributed by atoms with Gasteiger partial charge in [-0.25, -0.2) is 4.79 Å². The molecule has 0 saturated carbocycles. The fraction of sp³-hybridized carbons (Fsp3) is 0.900. The van der Waals surface area contributed by atoms with E-state index >= 15 is 0 Å². The zero-order valence-corrected chi connectivity index (χ0v) is 9.32. The Morgan fingerprint density at radius 2 is 2.14 bits per heavy atom. The Kier molecular flexibility index (Phi) is 4.20. The summed E-state index contributed by atoms with van der Waals surface area (Å²) in [4.78, 5) is 15.6. The monoisotopic (exact) mass is 200 g/mol.